The van der Waals surface area contributed by atoms with Crippen molar-refractivity contribution < 1.29 is 14.3 Å². The maximum absolute atomic E-state index is 13.3. The average Bonchev–Trinajstić information content (AvgIpc) is 3.56. The van der Waals surface area contributed by atoms with Gasteiger partial charge in [0.15, 0.2) is 0 Å². The second-order valence-electron chi connectivity index (χ2n) is 9.25. The summed E-state index contributed by atoms with van der Waals surface area (Å²) in [6, 6.07) is 12.4. The number of likely N-dealkylation sites (N-methyl/N-ethyl adjacent to an activating group) is 1. The largest absolute Gasteiger partial charge is 0.497 e. The number of aromatic nitrogens is 2. The van der Waals surface area contributed by atoms with Gasteiger partial charge in [-0.15, -0.1) is 0 Å². The van der Waals surface area contributed by atoms with Crippen LogP contribution in [0.25, 0.3) is 11.1 Å². The first-order valence-corrected chi connectivity index (χ1v) is 11.7. The zero-order valence-electron chi connectivity index (χ0n) is 19.9. The van der Waals surface area contributed by atoms with E-state index in [2.05, 4.69) is 45.5 Å². The highest BCUT2D eigenvalue weighted by molar-refractivity contribution is 5.97. The molecule has 1 amide bonds. The fourth-order valence-corrected chi connectivity index (χ4v) is 4.77. The van der Waals surface area contributed by atoms with Crippen LogP contribution >= 0.6 is 0 Å². The number of anilines is 2. The van der Waals surface area contributed by atoms with Gasteiger partial charge in [0, 0.05) is 30.9 Å². The van der Waals surface area contributed by atoms with Gasteiger partial charge >= 0.3 is 0 Å². The number of ether oxygens (including phenoxy) is 2. The smallest absolute Gasteiger partial charge is 0.231 e. The van der Waals surface area contributed by atoms with Gasteiger partial charge in [0.1, 0.15) is 18.1 Å². The molecule has 1 saturated heterocycles. The number of hydrogen-bond donors (Lipinski definition) is 2. The molecule has 178 valence electrons. The third-order valence-corrected chi connectivity index (χ3v) is 6.87. The average molecular weight is 462 g/mol. The number of carbonyl (C=O) groups is 1. The van der Waals surface area contributed by atoms with E-state index < -0.39 is 0 Å². The molecule has 2 aromatic carbocycles. The first kappa shape index (κ1) is 22.3. The third kappa shape index (κ3) is 4.46. The fourth-order valence-electron chi connectivity index (χ4n) is 4.77. The number of H-pyrrole nitrogens is 1. The lowest BCUT2D eigenvalue weighted by Crippen LogP contribution is -2.34. The summed E-state index contributed by atoms with van der Waals surface area (Å²) in [5.41, 5.74) is 4.95. The van der Waals surface area contributed by atoms with Crippen LogP contribution in [0.5, 0.6) is 11.5 Å². The number of carbonyl (C=O) groups excluding carboxylic acids is 1. The monoisotopic (exact) mass is 461 g/mol. The van der Waals surface area contributed by atoms with E-state index in [1.165, 1.54) is 0 Å². The first-order chi connectivity index (χ1) is 16.5. The predicted octanol–water partition coefficient (Wildman–Crippen LogP) is 3.42. The Morgan fingerprint density at radius 1 is 1.24 bits per heavy atom. The Hall–Kier alpha value is -3.52. The minimum Gasteiger partial charge on any atom is -0.497 e. The molecule has 1 aromatic heterocycles. The molecule has 0 bridgehead atoms. The summed E-state index contributed by atoms with van der Waals surface area (Å²) in [5, 5.41) is 10.2. The number of nitrogens with one attached hydrogen (secondary N) is 2. The fraction of sp³-hybridized carbons (Fsp3) is 0.385. The Labute approximate surface area is 199 Å². The highest BCUT2D eigenvalue weighted by Crippen LogP contribution is 2.36. The minimum absolute atomic E-state index is 0.0332. The Kier molecular flexibility index (Phi) is 6.15. The van der Waals surface area contributed by atoms with Crippen LogP contribution in [0.4, 0.5) is 11.4 Å². The maximum atomic E-state index is 13.3. The quantitative estimate of drug-likeness (QED) is 0.585. The van der Waals surface area contributed by atoms with E-state index in [-0.39, 0.29) is 11.8 Å². The predicted molar refractivity (Wildman–Crippen MR) is 133 cm³/mol. The standard InChI is InChI=1S/C26H31N5O3/c1-30(2)21-8-9-31(15-21)24-12-17(20-13-27-28-14-20)4-6-23(24)29-26(32)19-10-18-11-22(33-3)5-7-25(18)34-16-19/h4-7,11-14,19,21H,8-10,15-16H2,1-3H3,(H,27,28)(H,29,32)/t19-,21-/m0/s1. The molecule has 5 rings (SSSR count). The summed E-state index contributed by atoms with van der Waals surface area (Å²) in [6.07, 6.45) is 5.41. The van der Waals surface area contributed by atoms with Gasteiger partial charge in [0.2, 0.25) is 5.91 Å². The zero-order chi connectivity index (χ0) is 23.7. The summed E-state index contributed by atoms with van der Waals surface area (Å²) in [7, 11) is 5.88. The Morgan fingerprint density at radius 2 is 2.12 bits per heavy atom. The van der Waals surface area contributed by atoms with Gasteiger partial charge in [-0.3, -0.25) is 9.89 Å². The number of amides is 1. The topological polar surface area (TPSA) is 82.7 Å². The molecule has 0 saturated carbocycles. The van der Waals surface area contributed by atoms with Gasteiger partial charge in [0.25, 0.3) is 0 Å². The van der Waals surface area contributed by atoms with E-state index in [4.69, 9.17) is 9.47 Å². The van der Waals surface area contributed by atoms with Crippen molar-refractivity contribution in [3.05, 3.63) is 54.4 Å². The molecule has 0 radical (unpaired) electrons. The highest BCUT2D eigenvalue weighted by atomic mass is 16.5. The van der Waals surface area contributed by atoms with Crippen LogP contribution in [-0.4, -0.2) is 67.9 Å². The summed E-state index contributed by atoms with van der Waals surface area (Å²) in [6.45, 7) is 2.23. The van der Waals surface area contributed by atoms with Crippen molar-refractivity contribution in [2.75, 3.05) is 51.1 Å². The van der Waals surface area contributed by atoms with Crippen LogP contribution in [0.15, 0.2) is 48.8 Å². The van der Waals surface area contributed by atoms with E-state index in [1.54, 1.807) is 7.11 Å². The number of fused-ring (bicyclic) bond motifs is 1. The maximum Gasteiger partial charge on any atom is 0.231 e. The van der Waals surface area contributed by atoms with Gasteiger partial charge in [-0.1, -0.05) is 6.07 Å². The van der Waals surface area contributed by atoms with Crippen LogP contribution in [0, 0.1) is 5.92 Å². The van der Waals surface area contributed by atoms with Crippen molar-refractivity contribution in [3.8, 4) is 22.6 Å². The molecule has 3 aromatic rings. The molecule has 1 fully saturated rings. The molecule has 8 nitrogen and oxygen atoms in total. The summed E-state index contributed by atoms with van der Waals surface area (Å²) in [4.78, 5) is 18.0. The Morgan fingerprint density at radius 3 is 2.85 bits per heavy atom. The summed E-state index contributed by atoms with van der Waals surface area (Å²) >= 11 is 0. The first-order valence-electron chi connectivity index (χ1n) is 11.7. The van der Waals surface area contributed by atoms with Crippen molar-refractivity contribution in [1.29, 1.82) is 0 Å². The molecule has 2 N–H and O–H groups in total. The van der Waals surface area contributed by atoms with Gasteiger partial charge in [-0.25, -0.2) is 0 Å². The molecule has 2 atom stereocenters. The molecule has 34 heavy (non-hydrogen) atoms. The molecule has 0 unspecified atom stereocenters. The second-order valence-corrected chi connectivity index (χ2v) is 9.25. The SMILES string of the molecule is COc1ccc2c(c1)C[C@H](C(=O)Nc1ccc(-c3cn[nH]c3)cc1N1CC[C@H](N(C)C)C1)CO2. The highest BCUT2D eigenvalue weighted by Gasteiger charge is 2.29. The van der Waals surface area contributed by atoms with E-state index in [1.807, 2.05) is 42.7 Å². The van der Waals surface area contributed by atoms with Crippen molar-refractivity contribution in [3.63, 3.8) is 0 Å². The molecule has 2 aliphatic heterocycles. The lowest BCUT2D eigenvalue weighted by Gasteiger charge is -2.27. The summed E-state index contributed by atoms with van der Waals surface area (Å²) < 4.78 is 11.2. The molecule has 8 heteroatoms. The zero-order valence-corrected chi connectivity index (χ0v) is 19.9. The number of aromatic amines is 1. The number of benzene rings is 2. The normalized spacial score (nSPS) is 19.6. The lowest BCUT2D eigenvalue weighted by molar-refractivity contribution is -0.121. The van der Waals surface area contributed by atoms with Crippen molar-refractivity contribution in [2.45, 2.75) is 18.9 Å². The van der Waals surface area contributed by atoms with Crippen LogP contribution in [0.1, 0.15) is 12.0 Å². The molecule has 0 aliphatic carbocycles. The van der Waals surface area contributed by atoms with E-state index in [0.717, 1.165) is 59.1 Å². The van der Waals surface area contributed by atoms with Crippen molar-refractivity contribution in [1.82, 2.24) is 15.1 Å². The summed E-state index contributed by atoms with van der Waals surface area (Å²) in [5.74, 6) is 1.29. The third-order valence-electron chi connectivity index (χ3n) is 6.87. The van der Waals surface area contributed by atoms with Gasteiger partial charge in [-0.2, -0.15) is 5.10 Å². The molecule has 2 aliphatic rings. The van der Waals surface area contributed by atoms with E-state index in [9.17, 15) is 4.79 Å². The van der Waals surface area contributed by atoms with Crippen molar-refractivity contribution >= 4 is 17.3 Å². The number of rotatable bonds is 6. The Bertz CT molecular complexity index is 1160. The Balaban J connectivity index is 1.39. The van der Waals surface area contributed by atoms with Gasteiger partial charge < -0.3 is 24.6 Å². The van der Waals surface area contributed by atoms with E-state index >= 15 is 0 Å². The number of nitrogens with zero attached hydrogens (tertiary/aromatic N) is 3. The van der Waals surface area contributed by atoms with Crippen LogP contribution in [0.2, 0.25) is 0 Å². The van der Waals surface area contributed by atoms with Crippen molar-refractivity contribution in [2.24, 2.45) is 5.92 Å². The van der Waals surface area contributed by atoms with Crippen LogP contribution < -0.4 is 19.7 Å². The van der Waals surface area contributed by atoms with E-state index in [0.29, 0.717) is 19.1 Å². The minimum atomic E-state index is -0.269. The second kappa shape index (κ2) is 9.38. The van der Waals surface area contributed by atoms with Crippen LogP contribution in [0.3, 0.4) is 0 Å². The lowest BCUT2D eigenvalue weighted by atomic mass is 9.95. The van der Waals surface area contributed by atoms with Gasteiger partial charge in [0.05, 0.1) is 30.6 Å². The molecule has 3 heterocycles. The molecular weight excluding hydrogens is 430 g/mol. The van der Waals surface area contributed by atoms with Crippen LogP contribution in [-0.2, 0) is 11.2 Å². The molecule has 0 spiro atoms. The van der Waals surface area contributed by atoms with Gasteiger partial charge in [-0.05, 0) is 68.4 Å². The number of hydrogen-bond acceptors (Lipinski definition) is 6. The number of methoxy groups -OCH3 is 1. The molecular formula is C26H31N5O3.